The molecule has 1 aliphatic rings. The Morgan fingerprint density at radius 1 is 1.15 bits per heavy atom. The monoisotopic (exact) mass is 479 g/mol. The molecule has 6 nitrogen and oxygen atoms in total. The van der Waals surface area contributed by atoms with Crippen LogP contribution >= 0.6 is 11.6 Å². The van der Waals surface area contributed by atoms with Crippen LogP contribution in [0.15, 0.2) is 42.6 Å². The minimum atomic E-state index is -0.139. The fourth-order valence-corrected chi connectivity index (χ4v) is 4.67. The number of hydrogen-bond acceptors (Lipinski definition) is 4. The van der Waals surface area contributed by atoms with Gasteiger partial charge < -0.3 is 15.2 Å². The minimum absolute atomic E-state index is 0.139. The Balaban J connectivity index is 1.52. The molecular formula is C27H34ClN5O. The summed E-state index contributed by atoms with van der Waals surface area (Å²) in [6, 6.07) is 12.5. The van der Waals surface area contributed by atoms with Gasteiger partial charge in [0, 0.05) is 59.6 Å². The summed E-state index contributed by atoms with van der Waals surface area (Å²) in [5, 5.41) is 3.61. The molecule has 1 amide bonds. The third-order valence-electron chi connectivity index (χ3n) is 6.88. The lowest BCUT2D eigenvalue weighted by molar-refractivity contribution is 0.102. The van der Waals surface area contributed by atoms with Crippen LogP contribution in [0.4, 0.5) is 11.4 Å². The number of hydrogen-bond donors (Lipinski definition) is 2. The first-order valence-electron chi connectivity index (χ1n) is 11.9. The van der Waals surface area contributed by atoms with Crippen molar-refractivity contribution in [2.24, 2.45) is 0 Å². The Morgan fingerprint density at radius 2 is 1.85 bits per heavy atom. The standard InChI is InChI=1S/C27H34ClN5O/c1-16(2)25-13-29-26(31-25)23-12-20(7-10-24(23)28)30-27(34)22-9-8-21(11-17(22)3)33-14-18(4)32(6)19(5)15-33/h7-13,16,18-19H,14-15H2,1-6H3,(H,29,31)(H,30,34)/t18-,19+. The number of imidazole rings is 1. The van der Waals surface area contributed by atoms with Gasteiger partial charge in [-0.3, -0.25) is 9.69 Å². The second-order valence-electron chi connectivity index (χ2n) is 9.76. The number of carbonyl (C=O) groups is 1. The van der Waals surface area contributed by atoms with Crippen molar-refractivity contribution >= 4 is 28.9 Å². The summed E-state index contributed by atoms with van der Waals surface area (Å²) in [6.45, 7) is 12.7. The summed E-state index contributed by atoms with van der Waals surface area (Å²) in [4.78, 5) is 25.7. The van der Waals surface area contributed by atoms with Gasteiger partial charge in [-0.1, -0.05) is 25.4 Å². The number of likely N-dealkylation sites (N-methyl/N-ethyl adjacent to an activating group) is 1. The van der Waals surface area contributed by atoms with Gasteiger partial charge in [0.05, 0.1) is 5.02 Å². The number of piperazine rings is 1. The maximum Gasteiger partial charge on any atom is 0.255 e. The van der Waals surface area contributed by atoms with Crippen molar-refractivity contribution in [3.8, 4) is 11.4 Å². The molecule has 0 unspecified atom stereocenters. The summed E-state index contributed by atoms with van der Waals surface area (Å²) < 4.78 is 0. The molecule has 0 aliphatic carbocycles. The van der Waals surface area contributed by atoms with Crippen LogP contribution in [0, 0.1) is 6.92 Å². The van der Waals surface area contributed by atoms with E-state index in [1.54, 1.807) is 6.07 Å². The Hall–Kier alpha value is -2.83. The van der Waals surface area contributed by atoms with E-state index in [0.29, 0.717) is 40.1 Å². The predicted molar refractivity (Wildman–Crippen MR) is 141 cm³/mol. The number of aromatic nitrogens is 2. The van der Waals surface area contributed by atoms with E-state index in [4.69, 9.17) is 11.6 Å². The lowest BCUT2D eigenvalue weighted by Gasteiger charge is -2.43. The number of nitrogens with one attached hydrogen (secondary N) is 2. The molecular weight excluding hydrogens is 446 g/mol. The first kappa shape index (κ1) is 24.3. The molecule has 0 radical (unpaired) electrons. The van der Waals surface area contributed by atoms with Gasteiger partial charge in [-0.2, -0.15) is 0 Å². The lowest BCUT2D eigenvalue weighted by Crippen LogP contribution is -2.55. The molecule has 1 fully saturated rings. The number of anilines is 2. The van der Waals surface area contributed by atoms with Crippen molar-refractivity contribution in [1.29, 1.82) is 0 Å². The van der Waals surface area contributed by atoms with Crippen molar-refractivity contribution < 1.29 is 4.79 Å². The molecule has 7 heteroatoms. The van der Waals surface area contributed by atoms with Crippen LogP contribution < -0.4 is 10.2 Å². The predicted octanol–water partition coefficient (Wildman–Crippen LogP) is 5.94. The summed E-state index contributed by atoms with van der Waals surface area (Å²) in [6.07, 6.45) is 1.83. The van der Waals surface area contributed by atoms with E-state index in [1.165, 1.54) is 0 Å². The van der Waals surface area contributed by atoms with Gasteiger partial charge in [0.25, 0.3) is 5.91 Å². The zero-order valence-corrected chi connectivity index (χ0v) is 21.6. The van der Waals surface area contributed by atoms with Crippen molar-refractivity contribution in [3.05, 3.63) is 64.4 Å². The van der Waals surface area contributed by atoms with Crippen molar-refractivity contribution in [2.45, 2.75) is 52.6 Å². The zero-order valence-electron chi connectivity index (χ0n) is 20.8. The number of aromatic amines is 1. The van der Waals surface area contributed by atoms with Gasteiger partial charge in [-0.25, -0.2) is 4.98 Å². The number of benzene rings is 2. The fourth-order valence-electron chi connectivity index (χ4n) is 4.46. The van der Waals surface area contributed by atoms with Crippen LogP contribution in [0.25, 0.3) is 11.4 Å². The highest BCUT2D eigenvalue weighted by atomic mass is 35.5. The van der Waals surface area contributed by atoms with E-state index in [0.717, 1.165) is 35.6 Å². The topological polar surface area (TPSA) is 64.3 Å². The molecule has 3 aromatic rings. The third kappa shape index (κ3) is 4.98. The van der Waals surface area contributed by atoms with Gasteiger partial charge in [-0.15, -0.1) is 0 Å². The SMILES string of the molecule is Cc1cc(N2C[C@@H](C)N(C)[C@@H](C)C2)ccc1C(=O)Nc1ccc(Cl)c(-c2ncc(C(C)C)[nH]2)c1. The molecule has 2 heterocycles. The number of aryl methyl sites for hydroxylation is 1. The Bertz CT molecular complexity index is 1180. The molecule has 4 rings (SSSR count). The number of H-pyrrole nitrogens is 1. The van der Waals surface area contributed by atoms with Crippen LogP contribution in [0.5, 0.6) is 0 Å². The number of rotatable bonds is 5. The Morgan fingerprint density at radius 3 is 2.47 bits per heavy atom. The molecule has 34 heavy (non-hydrogen) atoms. The highest BCUT2D eigenvalue weighted by molar-refractivity contribution is 6.33. The molecule has 2 aromatic carbocycles. The first-order chi connectivity index (χ1) is 16.1. The smallest absolute Gasteiger partial charge is 0.255 e. The third-order valence-corrected chi connectivity index (χ3v) is 7.21. The summed E-state index contributed by atoms with van der Waals surface area (Å²) >= 11 is 6.44. The number of nitrogens with zero attached hydrogens (tertiary/aromatic N) is 3. The molecule has 0 saturated carbocycles. The maximum atomic E-state index is 13.1. The largest absolute Gasteiger partial charge is 0.368 e. The maximum absolute atomic E-state index is 13.1. The van der Waals surface area contributed by atoms with Crippen LogP contribution in [0.1, 0.15) is 55.2 Å². The van der Waals surface area contributed by atoms with Gasteiger partial charge in [0.1, 0.15) is 5.82 Å². The van der Waals surface area contributed by atoms with Gasteiger partial charge in [0.15, 0.2) is 0 Å². The van der Waals surface area contributed by atoms with E-state index in [2.05, 4.69) is 72.0 Å². The molecule has 1 aliphatic heterocycles. The molecule has 2 N–H and O–H groups in total. The molecule has 1 saturated heterocycles. The van der Waals surface area contributed by atoms with Crippen LogP contribution in [-0.4, -0.2) is 53.0 Å². The average molecular weight is 480 g/mol. The normalized spacial score (nSPS) is 19.0. The highest BCUT2D eigenvalue weighted by Gasteiger charge is 2.27. The number of amides is 1. The van der Waals surface area contributed by atoms with E-state index in [9.17, 15) is 4.79 Å². The minimum Gasteiger partial charge on any atom is -0.368 e. The number of carbonyl (C=O) groups excluding carboxylic acids is 1. The molecule has 0 bridgehead atoms. The summed E-state index contributed by atoms with van der Waals surface area (Å²) in [5.41, 5.74) is 5.26. The van der Waals surface area contributed by atoms with Crippen LogP contribution in [-0.2, 0) is 0 Å². The Labute approximate surface area is 207 Å². The lowest BCUT2D eigenvalue weighted by atomic mass is 10.0. The van der Waals surface area contributed by atoms with Crippen molar-refractivity contribution in [2.75, 3.05) is 30.4 Å². The Kier molecular flexibility index (Phi) is 7.01. The first-order valence-corrected chi connectivity index (χ1v) is 12.3. The fraction of sp³-hybridized carbons (Fsp3) is 0.407. The van der Waals surface area contributed by atoms with E-state index in [-0.39, 0.29) is 5.91 Å². The van der Waals surface area contributed by atoms with E-state index >= 15 is 0 Å². The molecule has 1 aromatic heterocycles. The van der Waals surface area contributed by atoms with Gasteiger partial charge in [-0.05, 0) is 75.7 Å². The van der Waals surface area contributed by atoms with E-state index < -0.39 is 0 Å². The molecule has 0 spiro atoms. The number of halogens is 1. The quantitative estimate of drug-likeness (QED) is 0.475. The van der Waals surface area contributed by atoms with Crippen molar-refractivity contribution in [3.63, 3.8) is 0 Å². The van der Waals surface area contributed by atoms with Gasteiger partial charge in [0.2, 0.25) is 0 Å². The van der Waals surface area contributed by atoms with Crippen LogP contribution in [0.2, 0.25) is 5.02 Å². The van der Waals surface area contributed by atoms with Gasteiger partial charge >= 0.3 is 0 Å². The summed E-state index contributed by atoms with van der Waals surface area (Å²) in [5.74, 6) is 0.895. The highest BCUT2D eigenvalue weighted by Crippen LogP contribution is 2.30. The van der Waals surface area contributed by atoms with E-state index in [1.807, 2.05) is 31.3 Å². The molecule has 2 atom stereocenters. The average Bonchev–Trinajstić information content (AvgIpc) is 3.28. The second-order valence-corrected chi connectivity index (χ2v) is 10.2. The second kappa shape index (κ2) is 9.80. The zero-order chi connectivity index (χ0) is 24.6. The van der Waals surface area contributed by atoms with Crippen molar-refractivity contribution in [1.82, 2.24) is 14.9 Å². The molecule has 180 valence electrons. The van der Waals surface area contributed by atoms with Crippen LogP contribution in [0.3, 0.4) is 0 Å². The summed E-state index contributed by atoms with van der Waals surface area (Å²) in [7, 11) is 2.18.